The summed E-state index contributed by atoms with van der Waals surface area (Å²) >= 11 is 0. The van der Waals surface area contributed by atoms with E-state index in [9.17, 15) is 0 Å². The van der Waals surface area contributed by atoms with Crippen LogP contribution in [0.5, 0.6) is 11.5 Å². The van der Waals surface area contributed by atoms with Gasteiger partial charge in [-0.1, -0.05) is 20.3 Å². The van der Waals surface area contributed by atoms with Crippen LogP contribution in [0.15, 0.2) is 18.2 Å². The number of rotatable bonds is 10. The predicted octanol–water partition coefficient (Wildman–Crippen LogP) is 4.17. The van der Waals surface area contributed by atoms with Crippen molar-refractivity contribution in [3.63, 3.8) is 0 Å². The number of methoxy groups -OCH3 is 2. The minimum absolute atomic E-state index is 0.0125. The summed E-state index contributed by atoms with van der Waals surface area (Å²) in [5, 5.41) is 2.43. The van der Waals surface area contributed by atoms with Gasteiger partial charge in [0.25, 0.3) is 0 Å². The van der Waals surface area contributed by atoms with Crippen molar-refractivity contribution in [3.05, 3.63) is 23.8 Å². The highest BCUT2D eigenvalue weighted by Gasteiger charge is 2.40. The molecule has 1 heterocycles. The second kappa shape index (κ2) is 9.79. The first-order valence-corrected chi connectivity index (χ1v) is 10.5. The highest BCUT2D eigenvalue weighted by Crippen LogP contribution is 2.45. The Morgan fingerprint density at radius 1 is 1.11 bits per heavy atom. The number of benzene rings is 1. The van der Waals surface area contributed by atoms with Gasteiger partial charge in [0.2, 0.25) is 0 Å². The number of hydrogen-bond acceptors (Lipinski definition) is 3. The average Bonchev–Trinajstić information content (AvgIpc) is 2.62. The molecule has 4 heteroatoms. The predicted molar refractivity (Wildman–Crippen MR) is 110 cm³/mol. The summed E-state index contributed by atoms with van der Waals surface area (Å²) in [6.07, 6.45) is 6.28. The highest BCUT2D eigenvalue weighted by molar-refractivity contribution is 5.42. The normalized spacial score (nSPS) is 22.0. The molecule has 0 bridgehead atoms. The van der Waals surface area contributed by atoms with Crippen molar-refractivity contribution >= 4 is 0 Å². The van der Waals surface area contributed by atoms with Crippen LogP contribution in [0.4, 0.5) is 0 Å². The maximum absolute atomic E-state index is 6.01. The lowest BCUT2D eigenvalue weighted by molar-refractivity contribution is -0.672. The van der Waals surface area contributed by atoms with E-state index in [4.69, 9.17) is 14.2 Å². The molecule has 1 saturated heterocycles. The van der Waals surface area contributed by atoms with E-state index in [0.29, 0.717) is 5.41 Å². The average molecular weight is 379 g/mol. The van der Waals surface area contributed by atoms with Crippen LogP contribution in [0.3, 0.4) is 0 Å². The Morgan fingerprint density at radius 2 is 1.85 bits per heavy atom. The Balaban J connectivity index is 1.91. The van der Waals surface area contributed by atoms with E-state index in [1.807, 2.05) is 6.07 Å². The molecule has 27 heavy (non-hydrogen) atoms. The van der Waals surface area contributed by atoms with Gasteiger partial charge in [-0.15, -0.1) is 0 Å². The van der Waals surface area contributed by atoms with Gasteiger partial charge >= 0.3 is 0 Å². The SMILES string of the molecule is COc1ccc(C[NH2+]CC[C@@]2(CCC(C)C)CCOC(C)(C)C2)cc1OC. The standard InChI is InChI=1S/C23H39NO3/c1-18(2)9-10-23(12-14-27-22(3,4)17-23)11-13-24-16-19-7-8-20(25-5)21(15-19)26-6/h7-8,15,18,24H,9-14,16-17H2,1-6H3/p+1/t23-/m0/s1. The summed E-state index contributed by atoms with van der Waals surface area (Å²) < 4.78 is 16.8. The maximum Gasteiger partial charge on any atom is 0.161 e. The Labute approximate surface area is 166 Å². The summed E-state index contributed by atoms with van der Waals surface area (Å²) in [7, 11) is 3.37. The molecule has 0 amide bonds. The van der Waals surface area contributed by atoms with Crippen molar-refractivity contribution in [3.8, 4) is 11.5 Å². The molecule has 2 rings (SSSR count). The van der Waals surface area contributed by atoms with Crippen LogP contribution in [0, 0.1) is 11.3 Å². The third-order valence-electron chi connectivity index (χ3n) is 5.88. The molecule has 1 atom stereocenters. The van der Waals surface area contributed by atoms with Crippen LogP contribution in [-0.2, 0) is 11.3 Å². The minimum Gasteiger partial charge on any atom is -0.493 e. The molecule has 0 aliphatic carbocycles. The fourth-order valence-corrected chi connectivity index (χ4v) is 4.42. The molecule has 0 saturated carbocycles. The van der Waals surface area contributed by atoms with E-state index in [-0.39, 0.29) is 5.60 Å². The Hall–Kier alpha value is -1.26. The smallest absolute Gasteiger partial charge is 0.161 e. The van der Waals surface area contributed by atoms with Crippen molar-refractivity contribution < 1.29 is 19.5 Å². The van der Waals surface area contributed by atoms with Crippen LogP contribution >= 0.6 is 0 Å². The van der Waals surface area contributed by atoms with E-state index in [2.05, 4.69) is 45.1 Å². The van der Waals surface area contributed by atoms with Crippen molar-refractivity contribution in [2.45, 2.75) is 71.9 Å². The molecule has 0 unspecified atom stereocenters. The zero-order chi connectivity index (χ0) is 19.9. The van der Waals surface area contributed by atoms with E-state index < -0.39 is 0 Å². The quantitative estimate of drug-likeness (QED) is 0.622. The summed E-state index contributed by atoms with van der Waals surface area (Å²) in [6.45, 7) is 12.2. The molecular weight excluding hydrogens is 338 g/mol. The van der Waals surface area contributed by atoms with Crippen LogP contribution in [-0.4, -0.2) is 33.0 Å². The largest absolute Gasteiger partial charge is 0.493 e. The van der Waals surface area contributed by atoms with E-state index >= 15 is 0 Å². The number of nitrogens with two attached hydrogens (primary N) is 1. The van der Waals surface area contributed by atoms with Crippen molar-refractivity contribution in [2.75, 3.05) is 27.4 Å². The van der Waals surface area contributed by atoms with Crippen LogP contribution in [0.1, 0.15) is 65.4 Å². The van der Waals surface area contributed by atoms with Gasteiger partial charge in [0, 0.05) is 18.6 Å². The van der Waals surface area contributed by atoms with Gasteiger partial charge in [0.05, 0.1) is 26.4 Å². The minimum atomic E-state index is 0.0125. The maximum atomic E-state index is 6.01. The number of hydrogen-bond donors (Lipinski definition) is 1. The lowest BCUT2D eigenvalue weighted by Gasteiger charge is -2.45. The molecule has 0 spiro atoms. The molecule has 2 N–H and O–H groups in total. The summed E-state index contributed by atoms with van der Waals surface area (Å²) in [6, 6.07) is 6.21. The molecule has 4 nitrogen and oxygen atoms in total. The highest BCUT2D eigenvalue weighted by atomic mass is 16.5. The van der Waals surface area contributed by atoms with Crippen LogP contribution < -0.4 is 14.8 Å². The van der Waals surface area contributed by atoms with E-state index in [0.717, 1.165) is 37.1 Å². The molecule has 1 aromatic carbocycles. The number of ether oxygens (including phenoxy) is 3. The molecule has 0 aromatic heterocycles. The van der Waals surface area contributed by atoms with Gasteiger partial charge in [0.1, 0.15) is 6.54 Å². The fourth-order valence-electron chi connectivity index (χ4n) is 4.42. The van der Waals surface area contributed by atoms with Gasteiger partial charge in [-0.25, -0.2) is 0 Å². The monoisotopic (exact) mass is 378 g/mol. The topological polar surface area (TPSA) is 44.3 Å². The number of quaternary nitrogens is 1. The Bertz CT molecular complexity index is 585. The van der Waals surface area contributed by atoms with E-state index in [1.54, 1.807) is 14.2 Å². The van der Waals surface area contributed by atoms with Gasteiger partial charge in [0.15, 0.2) is 11.5 Å². The van der Waals surface area contributed by atoms with E-state index in [1.165, 1.54) is 37.7 Å². The molecule has 1 aliphatic rings. The van der Waals surface area contributed by atoms with Crippen molar-refractivity contribution in [1.29, 1.82) is 0 Å². The molecule has 0 radical (unpaired) electrons. The first-order chi connectivity index (χ1) is 12.8. The molecule has 1 aromatic rings. The van der Waals surface area contributed by atoms with Gasteiger partial charge in [-0.2, -0.15) is 0 Å². The van der Waals surface area contributed by atoms with Gasteiger partial charge < -0.3 is 19.5 Å². The van der Waals surface area contributed by atoms with Crippen molar-refractivity contribution in [2.24, 2.45) is 11.3 Å². The molecule has 1 fully saturated rings. The third kappa shape index (κ3) is 6.69. The fraction of sp³-hybridized carbons (Fsp3) is 0.739. The summed E-state index contributed by atoms with van der Waals surface area (Å²) in [4.78, 5) is 0. The first-order valence-electron chi connectivity index (χ1n) is 10.5. The van der Waals surface area contributed by atoms with Crippen LogP contribution in [0.25, 0.3) is 0 Å². The summed E-state index contributed by atoms with van der Waals surface area (Å²) in [5.41, 5.74) is 1.72. The van der Waals surface area contributed by atoms with Crippen molar-refractivity contribution in [1.82, 2.24) is 0 Å². The van der Waals surface area contributed by atoms with Gasteiger partial charge in [-0.05, 0) is 62.6 Å². The molecular formula is C23H40NO3+. The lowest BCUT2D eigenvalue weighted by atomic mass is 9.68. The second-order valence-electron chi connectivity index (χ2n) is 9.19. The first kappa shape index (κ1) is 22.0. The zero-order valence-corrected chi connectivity index (χ0v) is 18.3. The Morgan fingerprint density at radius 3 is 2.48 bits per heavy atom. The van der Waals surface area contributed by atoms with Crippen LogP contribution in [0.2, 0.25) is 0 Å². The summed E-state index contributed by atoms with van der Waals surface area (Å²) in [5.74, 6) is 2.37. The third-order valence-corrected chi connectivity index (χ3v) is 5.88. The molecule has 154 valence electrons. The second-order valence-corrected chi connectivity index (χ2v) is 9.19. The van der Waals surface area contributed by atoms with Gasteiger partial charge in [-0.3, -0.25) is 0 Å². The zero-order valence-electron chi connectivity index (χ0n) is 18.3. The molecule has 1 aliphatic heterocycles. The Kier molecular flexibility index (Phi) is 7.99. The lowest BCUT2D eigenvalue weighted by Crippen LogP contribution is -2.83.